The molecule has 1 aromatic carbocycles. The molecule has 0 aliphatic heterocycles. The first-order valence-corrected chi connectivity index (χ1v) is 7.81. The van der Waals surface area contributed by atoms with Crippen LogP contribution in [0, 0.1) is 0 Å². The minimum atomic E-state index is -1.70. The third kappa shape index (κ3) is 3.99. The van der Waals surface area contributed by atoms with Gasteiger partial charge in [-0.15, -0.1) is 0 Å². The van der Waals surface area contributed by atoms with Crippen LogP contribution in [0.3, 0.4) is 0 Å². The molecule has 0 bridgehead atoms. The molecule has 0 unspecified atom stereocenters. The van der Waals surface area contributed by atoms with Gasteiger partial charge in [0, 0.05) is 0 Å². The Morgan fingerprint density at radius 2 is 1.77 bits per heavy atom. The van der Waals surface area contributed by atoms with Gasteiger partial charge in [-0.3, -0.25) is 0 Å². The molecule has 0 atom stereocenters. The van der Waals surface area contributed by atoms with E-state index >= 15 is 0 Å². The number of hydrogen-bond acceptors (Lipinski definition) is 4. The molecule has 2 aromatic rings. The summed E-state index contributed by atoms with van der Waals surface area (Å²) in [5.74, 6) is 0.830. The minimum absolute atomic E-state index is 0.0935. The van der Waals surface area contributed by atoms with Gasteiger partial charge in [0.1, 0.15) is 0 Å². The van der Waals surface area contributed by atoms with Crippen molar-refractivity contribution in [2.75, 3.05) is 14.2 Å². The van der Waals surface area contributed by atoms with Crippen molar-refractivity contribution >= 4 is 39.4 Å². The van der Waals surface area contributed by atoms with Crippen LogP contribution < -0.4 is 4.74 Å². The molecule has 0 radical (unpaired) electrons. The van der Waals surface area contributed by atoms with Gasteiger partial charge in [-0.2, -0.15) is 0 Å². The molecule has 0 spiro atoms. The standard InChI is InChI=1S/C14H11Cl3N2O2.Cr/c1-20-8-10-7-18-13(14(15,16)17)19-12(10)9-3-5-11(21-2)6-4-9;/h3-7H,1-2H3;. The van der Waals surface area contributed by atoms with E-state index in [1.54, 1.807) is 20.4 Å². The molecule has 1 aromatic heterocycles. The molecule has 1 heterocycles. The van der Waals surface area contributed by atoms with E-state index in [2.05, 4.69) is 25.8 Å². The van der Waals surface area contributed by atoms with Crippen LogP contribution in [0.15, 0.2) is 30.5 Å². The predicted octanol–water partition coefficient (Wildman–Crippen LogP) is 3.65. The van der Waals surface area contributed by atoms with Crippen LogP contribution in [-0.2, 0) is 24.4 Å². The molecule has 22 heavy (non-hydrogen) atoms. The summed E-state index contributed by atoms with van der Waals surface area (Å²) in [6, 6.07) is 7.36. The number of ether oxygens (including phenoxy) is 2. The van der Waals surface area contributed by atoms with E-state index in [9.17, 15) is 0 Å². The van der Waals surface area contributed by atoms with E-state index in [1.165, 1.54) is 0 Å². The van der Waals surface area contributed by atoms with E-state index in [0.29, 0.717) is 15.8 Å². The second-order valence-electron chi connectivity index (χ2n) is 4.17. The third-order valence-corrected chi connectivity index (χ3v) is 3.92. The van der Waals surface area contributed by atoms with Gasteiger partial charge in [-0.1, -0.05) is 0 Å². The van der Waals surface area contributed by atoms with Crippen LogP contribution in [0.5, 0.6) is 5.75 Å². The number of benzene rings is 1. The van der Waals surface area contributed by atoms with Crippen LogP contribution in [0.25, 0.3) is 11.3 Å². The normalized spacial score (nSPS) is 11.3. The first-order chi connectivity index (χ1) is 10.4. The van der Waals surface area contributed by atoms with Gasteiger partial charge in [0.15, 0.2) is 0 Å². The van der Waals surface area contributed by atoms with Gasteiger partial charge < -0.3 is 0 Å². The average molecular weight is 398 g/mol. The summed E-state index contributed by atoms with van der Waals surface area (Å²) in [4.78, 5) is 8.46. The van der Waals surface area contributed by atoms with E-state index in [1.807, 2.05) is 24.3 Å². The third-order valence-electron chi connectivity index (χ3n) is 2.81. The van der Waals surface area contributed by atoms with Gasteiger partial charge in [0.2, 0.25) is 0 Å². The molecule has 0 saturated carbocycles. The van der Waals surface area contributed by atoms with E-state index in [-0.39, 0.29) is 5.82 Å². The van der Waals surface area contributed by atoms with Crippen molar-refractivity contribution in [3.05, 3.63) is 41.9 Å². The van der Waals surface area contributed by atoms with Gasteiger partial charge in [0.05, 0.1) is 0 Å². The Hall–Kier alpha value is -0.668. The van der Waals surface area contributed by atoms with Gasteiger partial charge in [0.25, 0.3) is 0 Å². The monoisotopic (exact) mass is 396 g/mol. The molecule has 8 heteroatoms. The first-order valence-electron chi connectivity index (χ1n) is 6.03. The Kier molecular flexibility index (Phi) is 5.84. The van der Waals surface area contributed by atoms with Gasteiger partial charge in [-0.25, -0.2) is 0 Å². The molecule has 0 aliphatic carbocycles. The van der Waals surface area contributed by atoms with E-state index in [4.69, 9.17) is 44.3 Å². The fourth-order valence-electron chi connectivity index (χ4n) is 1.75. The van der Waals surface area contributed by atoms with Crippen LogP contribution in [0.1, 0.15) is 11.4 Å². The fraction of sp³-hybridized carbons (Fsp3) is 0.214. The summed E-state index contributed by atoms with van der Waals surface area (Å²) >= 11 is 20.4. The zero-order chi connectivity index (χ0) is 16.3. The van der Waals surface area contributed by atoms with Crippen molar-refractivity contribution in [1.29, 1.82) is 0 Å². The number of alkyl halides is 3. The summed E-state index contributed by atoms with van der Waals surface area (Å²) in [6.07, 6.45) is 1.55. The number of nitrogens with zero attached hydrogens (tertiary/aromatic N) is 2. The zero-order valence-corrected chi connectivity index (χ0v) is 15.2. The maximum absolute atomic E-state index is 5.87. The Balaban J connectivity index is 2.60. The van der Waals surface area contributed by atoms with Crippen molar-refractivity contribution in [2.45, 2.75) is 3.79 Å². The second-order valence-corrected chi connectivity index (χ2v) is 7.03. The van der Waals surface area contributed by atoms with E-state index < -0.39 is 3.79 Å². The number of rotatable bonds is 4. The van der Waals surface area contributed by atoms with Crippen molar-refractivity contribution in [2.24, 2.45) is 0 Å². The van der Waals surface area contributed by atoms with Crippen molar-refractivity contribution in [1.82, 2.24) is 9.97 Å². The zero-order valence-electron chi connectivity index (χ0n) is 11.6. The molecule has 2 rings (SSSR count). The molecule has 0 N–H and O–H groups in total. The quantitative estimate of drug-likeness (QED) is 0.739. The van der Waals surface area contributed by atoms with Gasteiger partial charge in [-0.05, 0) is 0 Å². The summed E-state index contributed by atoms with van der Waals surface area (Å²) in [7, 11) is 3.15. The Morgan fingerprint density at radius 1 is 1.14 bits per heavy atom. The number of aromatic nitrogens is 2. The van der Waals surface area contributed by atoms with Crippen LogP contribution in [-0.4, -0.2) is 28.8 Å². The van der Waals surface area contributed by atoms with Crippen molar-refractivity contribution in [3.63, 3.8) is 0 Å². The molecular weight excluding hydrogens is 387 g/mol. The van der Waals surface area contributed by atoms with Crippen molar-refractivity contribution in [3.8, 4) is 17.0 Å². The summed E-state index contributed by atoms with van der Waals surface area (Å²) in [5.41, 5.74) is 2.08. The SMILES string of the molecule is CO[C](=[Cr])c1cnc(C(Cl)(Cl)Cl)nc1-c1ccc(OC)cc1. The molecule has 0 saturated heterocycles. The number of hydrogen-bond donors (Lipinski definition) is 0. The van der Waals surface area contributed by atoms with Crippen molar-refractivity contribution < 1.29 is 25.3 Å². The number of methoxy groups -OCH3 is 2. The predicted molar refractivity (Wildman–Crippen MR) is 84.4 cm³/mol. The molecule has 4 nitrogen and oxygen atoms in total. The summed E-state index contributed by atoms with van der Waals surface area (Å²) in [5, 5.41) is 0. The second kappa shape index (κ2) is 7.27. The topological polar surface area (TPSA) is 44.2 Å². The molecule has 0 aliphatic rings. The number of halogens is 3. The van der Waals surface area contributed by atoms with E-state index in [0.717, 1.165) is 11.3 Å². The first kappa shape index (κ1) is 17.7. The molecular formula is C14H11Cl3CrN2O2. The molecule has 0 amide bonds. The van der Waals surface area contributed by atoms with Crippen LogP contribution >= 0.6 is 34.8 Å². The average Bonchev–Trinajstić information content (AvgIpc) is 2.52. The fourth-order valence-corrected chi connectivity index (χ4v) is 2.25. The molecule has 116 valence electrons. The summed E-state index contributed by atoms with van der Waals surface area (Å²) in [6.45, 7) is 0. The Bertz CT molecular complexity index is 687. The molecule has 0 fully saturated rings. The van der Waals surface area contributed by atoms with Gasteiger partial charge >= 0.3 is 152 Å². The van der Waals surface area contributed by atoms with Crippen LogP contribution in [0.4, 0.5) is 0 Å². The maximum atomic E-state index is 5.87. The van der Waals surface area contributed by atoms with Crippen LogP contribution in [0.2, 0.25) is 0 Å². The summed E-state index contributed by atoms with van der Waals surface area (Å²) < 4.78 is 9.22. The Morgan fingerprint density at radius 3 is 2.27 bits per heavy atom. The Labute approximate surface area is 151 Å².